The normalized spacial score (nSPS) is 20.3. The Morgan fingerprint density at radius 3 is 2.81 bits per heavy atom. The first-order chi connectivity index (χ1) is 12.7. The third-order valence-electron chi connectivity index (χ3n) is 5.46. The average Bonchev–Trinajstić information content (AvgIpc) is 2.69. The number of aromatic nitrogens is 4. The molecule has 0 fully saturated rings. The van der Waals surface area contributed by atoms with Gasteiger partial charge in [-0.2, -0.15) is 0 Å². The molecule has 2 aromatic heterocycles. The van der Waals surface area contributed by atoms with Gasteiger partial charge in [0.25, 0.3) is 0 Å². The minimum Gasteiger partial charge on any atom is -0.295 e. The topological polar surface area (TPSA) is 54.8 Å². The van der Waals surface area contributed by atoms with Crippen molar-refractivity contribution in [3.63, 3.8) is 0 Å². The Morgan fingerprint density at radius 1 is 1.23 bits per heavy atom. The fourth-order valence-electron chi connectivity index (χ4n) is 3.83. The van der Waals surface area contributed by atoms with Crippen LogP contribution in [0.15, 0.2) is 48.7 Å². The second-order valence-electron chi connectivity index (χ2n) is 7.43. The van der Waals surface area contributed by atoms with E-state index < -0.39 is 0 Å². The number of hydrogen-bond acceptors (Lipinski definition) is 5. The van der Waals surface area contributed by atoms with Crippen LogP contribution in [0.25, 0.3) is 11.4 Å². The lowest BCUT2D eigenvalue weighted by Crippen LogP contribution is -2.33. The van der Waals surface area contributed by atoms with Crippen LogP contribution in [0.2, 0.25) is 0 Å². The average molecular weight is 347 g/mol. The van der Waals surface area contributed by atoms with Crippen molar-refractivity contribution >= 4 is 0 Å². The zero-order valence-corrected chi connectivity index (χ0v) is 15.4. The first kappa shape index (κ1) is 17.0. The maximum Gasteiger partial charge on any atom is 0.162 e. The van der Waals surface area contributed by atoms with Gasteiger partial charge in [-0.3, -0.25) is 4.90 Å². The van der Waals surface area contributed by atoms with Crippen molar-refractivity contribution in [2.75, 3.05) is 13.1 Å². The van der Waals surface area contributed by atoms with Gasteiger partial charge < -0.3 is 0 Å². The molecule has 5 heteroatoms. The lowest BCUT2D eigenvalue weighted by Gasteiger charge is -2.31. The van der Waals surface area contributed by atoms with E-state index in [1.165, 1.54) is 30.3 Å². The maximum atomic E-state index is 4.75. The van der Waals surface area contributed by atoms with Gasteiger partial charge in [0.2, 0.25) is 0 Å². The van der Waals surface area contributed by atoms with Crippen molar-refractivity contribution in [1.29, 1.82) is 0 Å². The summed E-state index contributed by atoms with van der Waals surface area (Å²) in [5.74, 6) is 1.40. The van der Waals surface area contributed by atoms with E-state index in [0.29, 0.717) is 5.92 Å². The number of allylic oxidation sites excluding steroid dienone is 2. The highest BCUT2D eigenvalue weighted by molar-refractivity contribution is 5.52. The van der Waals surface area contributed by atoms with Gasteiger partial charge in [-0.05, 0) is 32.1 Å². The van der Waals surface area contributed by atoms with Crippen LogP contribution in [-0.4, -0.2) is 37.9 Å². The second kappa shape index (κ2) is 7.46. The smallest absolute Gasteiger partial charge is 0.162 e. The Kier molecular flexibility index (Phi) is 4.89. The molecule has 26 heavy (non-hydrogen) atoms. The summed E-state index contributed by atoms with van der Waals surface area (Å²) >= 11 is 0. The minimum atomic E-state index is 0.676. The number of hydrogen-bond donors (Lipinski definition) is 0. The van der Waals surface area contributed by atoms with Crippen LogP contribution in [0.1, 0.15) is 37.4 Å². The number of nitrogens with zero attached hydrogens (tertiary/aromatic N) is 5. The van der Waals surface area contributed by atoms with E-state index in [0.717, 1.165) is 49.6 Å². The van der Waals surface area contributed by atoms with Gasteiger partial charge in [0.05, 0.1) is 11.3 Å². The predicted octanol–water partition coefficient (Wildman–Crippen LogP) is 3.59. The Bertz CT molecular complexity index is 828. The maximum absolute atomic E-state index is 4.75. The summed E-state index contributed by atoms with van der Waals surface area (Å²) in [7, 11) is 0. The van der Waals surface area contributed by atoms with Gasteiger partial charge in [-0.15, -0.1) is 0 Å². The van der Waals surface area contributed by atoms with Gasteiger partial charge in [0.15, 0.2) is 5.82 Å². The van der Waals surface area contributed by atoms with Crippen LogP contribution in [0.4, 0.5) is 0 Å². The predicted molar refractivity (Wildman–Crippen MR) is 102 cm³/mol. The van der Waals surface area contributed by atoms with Gasteiger partial charge in [0.1, 0.15) is 6.33 Å². The third-order valence-corrected chi connectivity index (χ3v) is 5.46. The molecule has 1 aliphatic carbocycles. The lowest BCUT2D eigenvalue weighted by molar-refractivity contribution is 0.267. The lowest BCUT2D eigenvalue weighted by atomic mass is 9.85. The van der Waals surface area contributed by atoms with Crippen molar-refractivity contribution < 1.29 is 0 Å². The van der Waals surface area contributed by atoms with Gasteiger partial charge in [-0.25, -0.2) is 19.9 Å². The van der Waals surface area contributed by atoms with Crippen molar-refractivity contribution in [2.24, 2.45) is 5.92 Å². The third kappa shape index (κ3) is 3.73. The van der Waals surface area contributed by atoms with E-state index in [1.54, 1.807) is 18.0 Å². The van der Waals surface area contributed by atoms with E-state index >= 15 is 0 Å². The quantitative estimate of drug-likeness (QED) is 0.791. The molecule has 1 atom stereocenters. The number of fused-ring (bicyclic) bond motifs is 1. The number of rotatable bonds is 4. The molecule has 1 unspecified atom stereocenters. The van der Waals surface area contributed by atoms with Crippen LogP contribution in [0, 0.1) is 5.92 Å². The molecule has 5 nitrogen and oxygen atoms in total. The summed E-state index contributed by atoms with van der Waals surface area (Å²) in [5.41, 5.74) is 6.18. The fourth-order valence-corrected chi connectivity index (χ4v) is 3.83. The minimum absolute atomic E-state index is 0.676. The molecule has 0 spiro atoms. The zero-order valence-electron chi connectivity index (χ0n) is 15.4. The van der Waals surface area contributed by atoms with Crippen molar-refractivity contribution in [3.8, 4) is 11.4 Å². The molecule has 0 radical (unpaired) electrons. The van der Waals surface area contributed by atoms with E-state index in [4.69, 9.17) is 4.98 Å². The molecule has 0 saturated carbocycles. The summed E-state index contributed by atoms with van der Waals surface area (Å²) in [6.07, 6.45) is 14.0. The molecule has 2 aliphatic rings. The monoisotopic (exact) mass is 347 g/mol. The van der Waals surface area contributed by atoms with E-state index in [2.05, 4.69) is 39.4 Å². The largest absolute Gasteiger partial charge is 0.295 e. The highest BCUT2D eigenvalue weighted by Gasteiger charge is 2.21. The van der Waals surface area contributed by atoms with E-state index in [1.807, 2.05) is 6.20 Å². The molecule has 0 amide bonds. The first-order valence-electron chi connectivity index (χ1n) is 9.35. The van der Waals surface area contributed by atoms with Crippen LogP contribution in [-0.2, 0) is 13.0 Å². The zero-order chi connectivity index (χ0) is 17.9. The van der Waals surface area contributed by atoms with Crippen molar-refractivity contribution in [1.82, 2.24) is 24.8 Å². The highest BCUT2D eigenvalue weighted by atomic mass is 15.1. The SMILES string of the molecule is C=C(C)C1CC=C(CN2CCc3nc(-c4cncnc4)ncc3C2)CC1. The van der Waals surface area contributed by atoms with Crippen LogP contribution >= 0.6 is 0 Å². The molecule has 1 aliphatic heterocycles. The Morgan fingerprint density at radius 2 is 2.08 bits per heavy atom. The summed E-state index contributed by atoms with van der Waals surface area (Å²) in [6.45, 7) is 9.32. The van der Waals surface area contributed by atoms with Crippen LogP contribution in [0.3, 0.4) is 0 Å². The molecular weight excluding hydrogens is 322 g/mol. The molecule has 134 valence electrons. The standard InChI is InChI=1S/C21H25N5/c1-15(2)17-5-3-16(4-6-17)12-26-8-7-20-19(13-26)11-24-21(25-20)18-9-22-14-23-10-18/h3,9-11,14,17H,1,4-8,12-13H2,2H3. The molecular formula is C21H25N5. The summed E-state index contributed by atoms with van der Waals surface area (Å²) in [4.78, 5) is 19.9. The molecule has 3 heterocycles. The Labute approximate surface area is 154 Å². The van der Waals surface area contributed by atoms with Crippen LogP contribution < -0.4 is 0 Å². The molecule has 0 bridgehead atoms. The van der Waals surface area contributed by atoms with E-state index in [9.17, 15) is 0 Å². The molecule has 2 aromatic rings. The molecule has 0 saturated heterocycles. The second-order valence-corrected chi connectivity index (χ2v) is 7.43. The summed E-state index contributed by atoms with van der Waals surface area (Å²) in [5, 5.41) is 0. The molecule has 0 aromatic carbocycles. The van der Waals surface area contributed by atoms with Crippen molar-refractivity contribution in [3.05, 3.63) is 60.0 Å². The Hall–Kier alpha value is -2.40. The fraction of sp³-hybridized carbons (Fsp3) is 0.429. The van der Waals surface area contributed by atoms with E-state index in [-0.39, 0.29) is 0 Å². The molecule has 0 N–H and O–H groups in total. The highest BCUT2D eigenvalue weighted by Crippen LogP contribution is 2.29. The summed E-state index contributed by atoms with van der Waals surface area (Å²) in [6, 6.07) is 0. The van der Waals surface area contributed by atoms with Crippen LogP contribution in [0.5, 0.6) is 0 Å². The van der Waals surface area contributed by atoms with Gasteiger partial charge >= 0.3 is 0 Å². The first-order valence-corrected chi connectivity index (χ1v) is 9.35. The van der Waals surface area contributed by atoms with Crippen molar-refractivity contribution in [2.45, 2.75) is 39.2 Å². The van der Waals surface area contributed by atoms with Gasteiger partial charge in [0, 0.05) is 50.2 Å². The summed E-state index contributed by atoms with van der Waals surface area (Å²) < 4.78 is 0. The Balaban J connectivity index is 1.42. The molecule has 4 rings (SSSR count). The van der Waals surface area contributed by atoms with Gasteiger partial charge in [-0.1, -0.05) is 23.8 Å².